The summed E-state index contributed by atoms with van der Waals surface area (Å²) in [7, 11) is 5.57. The number of nitrogens with zero attached hydrogens (tertiary/aromatic N) is 2. The normalized spacial score (nSPS) is 17.9. The standard InChI is InChI=1S/C30H40N2O4/c1-19(2)20-10-12-21(13-11-20)26-25(28(34)29(35)32(26)17-9-16-31(6)7)27(33)22-14-15-24(36-8)23(18-22)30(3,4)5/h10-15,18-19,26,33H,9,16-17H2,1-8H3/b27-25-. The van der Waals surface area contributed by atoms with Crippen LogP contribution in [0.25, 0.3) is 5.76 Å². The Balaban J connectivity index is 2.16. The number of ketones is 1. The average molecular weight is 493 g/mol. The molecule has 1 aliphatic heterocycles. The van der Waals surface area contributed by atoms with Crippen LogP contribution in [0.15, 0.2) is 48.0 Å². The number of carbonyl (C=O) groups is 2. The van der Waals surface area contributed by atoms with E-state index in [4.69, 9.17) is 4.74 Å². The molecule has 194 valence electrons. The van der Waals surface area contributed by atoms with Gasteiger partial charge >= 0.3 is 0 Å². The van der Waals surface area contributed by atoms with Crippen molar-refractivity contribution >= 4 is 17.4 Å². The number of rotatable bonds is 8. The number of hydrogen-bond donors (Lipinski definition) is 1. The molecule has 0 spiro atoms. The van der Waals surface area contributed by atoms with Crippen LogP contribution in [0.2, 0.25) is 0 Å². The fourth-order valence-electron chi connectivity index (χ4n) is 4.67. The molecule has 6 heteroatoms. The summed E-state index contributed by atoms with van der Waals surface area (Å²) in [5.74, 6) is -0.305. The van der Waals surface area contributed by atoms with Gasteiger partial charge in [-0.15, -0.1) is 0 Å². The zero-order chi connectivity index (χ0) is 26.8. The van der Waals surface area contributed by atoms with Gasteiger partial charge in [-0.3, -0.25) is 9.59 Å². The van der Waals surface area contributed by atoms with Gasteiger partial charge in [0.05, 0.1) is 18.7 Å². The Morgan fingerprint density at radius 2 is 1.72 bits per heavy atom. The molecule has 1 aliphatic rings. The molecule has 1 saturated heterocycles. The lowest BCUT2D eigenvalue weighted by Crippen LogP contribution is -2.32. The molecule has 1 amide bonds. The predicted octanol–water partition coefficient (Wildman–Crippen LogP) is 5.49. The van der Waals surface area contributed by atoms with Crippen molar-refractivity contribution in [3.63, 3.8) is 0 Å². The molecule has 36 heavy (non-hydrogen) atoms. The Kier molecular flexibility index (Phi) is 8.29. The predicted molar refractivity (Wildman–Crippen MR) is 144 cm³/mol. The molecule has 1 atom stereocenters. The maximum Gasteiger partial charge on any atom is 0.295 e. The number of amides is 1. The van der Waals surface area contributed by atoms with Crippen LogP contribution < -0.4 is 4.74 Å². The molecule has 0 aromatic heterocycles. The Morgan fingerprint density at radius 1 is 1.08 bits per heavy atom. The molecule has 3 rings (SSSR count). The maximum absolute atomic E-state index is 13.3. The van der Waals surface area contributed by atoms with Gasteiger partial charge in [-0.25, -0.2) is 0 Å². The number of likely N-dealkylation sites (tertiary alicyclic amines) is 1. The quantitative estimate of drug-likeness (QED) is 0.300. The molecule has 0 bridgehead atoms. The van der Waals surface area contributed by atoms with Crippen LogP contribution in [0.3, 0.4) is 0 Å². The molecule has 6 nitrogen and oxygen atoms in total. The molecule has 1 heterocycles. The maximum atomic E-state index is 13.3. The lowest BCUT2D eigenvalue weighted by molar-refractivity contribution is -0.139. The van der Waals surface area contributed by atoms with Gasteiger partial charge in [-0.2, -0.15) is 0 Å². The summed E-state index contributed by atoms with van der Waals surface area (Å²) in [4.78, 5) is 30.2. The average Bonchev–Trinajstić information content (AvgIpc) is 3.07. The number of hydrogen-bond acceptors (Lipinski definition) is 5. The minimum Gasteiger partial charge on any atom is -0.507 e. The van der Waals surface area contributed by atoms with Gasteiger partial charge in [0.25, 0.3) is 11.7 Å². The fraction of sp³-hybridized carbons (Fsp3) is 0.467. The van der Waals surface area contributed by atoms with Gasteiger partial charge in [-0.05, 0) is 67.7 Å². The topological polar surface area (TPSA) is 70.1 Å². The summed E-state index contributed by atoms with van der Waals surface area (Å²) >= 11 is 0. The van der Waals surface area contributed by atoms with E-state index in [1.54, 1.807) is 24.1 Å². The van der Waals surface area contributed by atoms with E-state index in [1.165, 1.54) is 5.56 Å². The fourth-order valence-corrected chi connectivity index (χ4v) is 4.67. The summed E-state index contributed by atoms with van der Waals surface area (Å²) < 4.78 is 5.54. The Hall–Kier alpha value is -3.12. The number of aliphatic hydroxyl groups is 1. The second kappa shape index (κ2) is 10.9. The zero-order valence-corrected chi connectivity index (χ0v) is 22.9. The van der Waals surface area contributed by atoms with Crippen LogP contribution in [0.5, 0.6) is 5.75 Å². The Labute approximate surface area is 215 Å². The SMILES string of the molecule is COc1ccc(/C(O)=C2/C(=O)C(=O)N(CCCN(C)C)C2c2ccc(C(C)C)cc2)cc1C(C)(C)C. The van der Waals surface area contributed by atoms with Crippen LogP contribution in [-0.4, -0.2) is 60.9 Å². The third kappa shape index (κ3) is 5.65. The van der Waals surface area contributed by atoms with E-state index in [9.17, 15) is 14.7 Å². The Bertz CT molecular complexity index is 1140. The van der Waals surface area contributed by atoms with E-state index in [0.717, 1.165) is 24.1 Å². The van der Waals surface area contributed by atoms with Gasteiger partial charge in [0, 0.05) is 17.7 Å². The highest BCUT2D eigenvalue weighted by molar-refractivity contribution is 6.46. The van der Waals surface area contributed by atoms with Crippen molar-refractivity contribution in [2.45, 2.75) is 58.4 Å². The van der Waals surface area contributed by atoms with Gasteiger partial charge in [0.15, 0.2) is 0 Å². The molecule has 1 unspecified atom stereocenters. The smallest absolute Gasteiger partial charge is 0.295 e. The van der Waals surface area contributed by atoms with Crippen LogP contribution in [-0.2, 0) is 15.0 Å². The molecule has 1 N–H and O–H groups in total. The van der Waals surface area contributed by atoms with Crippen molar-refractivity contribution in [2.75, 3.05) is 34.3 Å². The van der Waals surface area contributed by atoms with Gasteiger partial charge in [-0.1, -0.05) is 58.9 Å². The highest BCUT2D eigenvalue weighted by atomic mass is 16.5. The van der Waals surface area contributed by atoms with E-state index in [2.05, 4.69) is 39.5 Å². The lowest BCUT2D eigenvalue weighted by atomic mass is 9.84. The molecule has 0 radical (unpaired) electrons. The van der Waals surface area contributed by atoms with Crippen LogP contribution in [0.1, 0.15) is 75.3 Å². The monoisotopic (exact) mass is 492 g/mol. The highest BCUT2D eigenvalue weighted by Crippen LogP contribution is 2.41. The second-order valence-electron chi connectivity index (χ2n) is 11.1. The van der Waals surface area contributed by atoms with E-state index >= 15 is 0 Å². The second-order valence-corrected chi connectivity index (χ2v) is 11.1. The summed E-state index contributed by atoms with van der Waals surface area (Å²) in [6, 6.07) is 12.7. The van der Waals surface area contributed by atoms with Crippen LogP contribution in [0.4, 0.5) is 0 Å². The molecule has 2 aromatic carbocycles. The third-order valence-corrected chi connectivity index (χ3v) is 6.74. The summed E-state index contributed by atoms with van der Waals surface area (Å²) in [5.41, 5.74) is 3.28. The first-order valence-electron chi connectivity index (χ1n) is 12.6. The number of Topliss-reactive ketones (excluding diaryl/α,β-unsaturated/α-hetero) is 1. The Morgan fingerprint density at radius 3 is 2.25 bits per heavy atom. The molecular weight excluding hydrogens is 452 g/mol. The number of methoxy groups -OCH3 is 1. The largest absolute Gasteiger partial charge is 0.507 e. The first kappa shape index (κ1) is 27.5. The molecule has 0 aliphatic carbocycles. The van der Waals surface area contributed by atoms with Crippen molar-refractivity contribution in [3.8, 4) is 5.75 Å². The van der Waals surface area contributed by atoms with E-state index < -0.39 is 17.7 Å². The molecule has 2 aromatic rings. The molecule has 1 fully saturated rings. The molecular formula is C30H40N2O4. The number of carbonyl (C=O) groups excluding carboxylic acids is 2. The van der Waals surface area contributed by atoms with E-state index in [0.29, 0.717) is 23.8 Å². The van der Waals surface area contributed by atoms with Crippen LogP contribution >= 0.6 is 0 Å². The van der Waals surface area contributed by atoms with E-state index in [-0.39, 0.29) is 16.7 Å². The number of ether oxygens (including phenoxy) is 1. The van der Waals surface area contributed by atoms with Crippen molar-refractivity contribution in [2.24, 2.45) is 0 Å². The van der Waals surface area contributed by atoms with Crippen molar-refractivity contribution in [1.29, 1.82) is 0 Å². The first-order chi connectivity index (χ1) is 16.9. The number of aliphatic hydroxyl groups excluding tert-OH is 1. The van der Waals surface area contributed by atoms with Crippen molar-refractivity contribution < 1.29 is 19.4 Å². The third-order valence-electron chi connectivity index (χ3n) is 6.74. The minimum absolute atomic E-state index is 0.132. The van der Waals surface area contributed by atoms with E-state index in [1.807, 2.05) is 44.4 Å². The molecule has 0 saturated carbocycles. The number of benzene rings is 2. The summed E-state index contributed by atoms with van der Waals surface area (Å²) in [5, 5.41) is 11.5. The van der Waals surface area contributed by atoms with Crippen LogP contribution in [0, 0.1) is 0 Å². The summed E-state index contributed by atoms with van der Waals surface area (Å²) in [6.07, 6.45) is 0.720. The summed E-state index contributed by atoms with van der Waals surface area (Å²) in [6.45, 7) is 11.6. The zero-order valence-electron chi connectivity index (χ0n) is 22.9. The highest BCUT2D eigenvalue weighted by Gasteiger charge is 2.45. The van der Waals surface area contributed by atoms with Gasteiger partial charge in [0.1, 0.15) is 11.5 Å². The van der Waals surface area contributed by atoms with Gasteiger partial charge < -0.3 is 19.6 Å². The minimum atomic E-state index is -0.650. The van der Waals surface area contributed by atoms with Crippen molar-refractivity contribution in [3.05, 3.63) is 70.3 Å². The first-order valence-corrected chi connectivity index (χ1v) is 12.6. The van der Waals surface area contributed by atoms with Gasteiger partial charge in [0.2, 0.25) is 0 Å². The lowest BCUT2D eigenvalue weighted by Gasteiger charge is -2.26. The van der Waals surface area contributed by atoms with Crippen molar-refractivity contribution in [1.82, 2.24) is 9.80 Å².